The quantitative estimate of drug-likeness (QED) is 0.0246. The summed E-state index contributed by atoms with van der Waals surface area (Å²) in [4.78, 5) is 15.6. The number of ether oxygens (including phenoxy) is 4. The van der Waals surface area contributed by atoms with Crippen LogP contribution in [0, 0.1) is 23.2 Å². The summed E-state index contributed by atoms with van der Waals surface area (Å²) < 4.78 is 56.8. The zero-order valence-electron chi connectivity index (χ0n) is 57.0. The largest absolute Gasteiger partial charge is 0.744 e. The Hall–Kier alpha value is -7.93. The Morgan fingerprint density at radius 3 is 1.21 bits per heavy atom. The molecule has 0 spiro atoms. The number of benzene rings is 9. The lowest BCUT2D eigenvalue weighted by molar-refractivity contribution is -0.204. The molecule has 4 fully saturated rings. The van der Waals surface area contributed by atoms with E-state index in [1.807, 2.05) is 49.6 Å². The van der Waals surface area contributed by atoms with Crippen molar-refractivity contribution in [1.82, 2.24) is 0 Å². The van der Waals surface area contributed by atoms with Gasteiger partial charge < -0.3 is 28.6 Å². The van der Waals surface area contributed by atoms with Gasteiger partial charge in [0.05, 0.1) is 21.4 Å². The Kier molecular flexibility index (Phi) is 27.8. The van der Waals surface area contributed by atoms with Gasteiger partial charge in [0.15, 0.2) is 14.7 Å². The third-order valence-electron chi connectivity index (χ3n) is 19.1. The molecule has 9 nitrogen and oxygen atoms in total. The number of methoxy groups -OCH3 is 1. The van der Waals surface area contributed by atoms with Crippen molar-refractivity contribution in [3.05, 3.63) is 276 Å². The van der Waals surface area contributed by atoms with Crippen molar-refractivity contribution in [2.24, 2.45) is 23.2 Å². The fraction of sp³-hybridized carbons (Fsp3) is 0.345. The molecule has 11 heteroatoms. The second-order valence-corrected chi connectivity index (χ2v) is 29.2. The number of phenols is 1. The van der Waals surface area contributed by atoms with Crippen LogP contribution in [0.1, 0.15) is 181 Å². The summed E-state index contributed by atoms with van der Waals surface area (Å²) in [6.45, 7) is 18.1. The molecule has 9 aromatic rings. The van der Waals surface area contributed by atoms with Crippen LogP contribution in [0.15, 0.2) is 262 Å². The van der Waals surface area contributed by atoms with Crippen LogP contribution in [0.4, 0.5) is 0 Å². The predicted octanol–water partition coefficient (Wildman–Crippen LogP) is 21.6. The minimum absolute atomic E-state index is 0.0146. The van der Waals surface area contributed by atoms with Crippen molar-refractivity contribution in [3.8, 4) is 23.0 Å². The standard InChI is InChI=1S/C22H32O2.C18H15S.C17H18O5S.C17H20O.C10H14O/c1-4-15(2)19-5-7-20(8-6-19)24-21(23-3)22-12-16-9-17(13-22)11-18(10-16)14-22;1-4-10-16(11-5-1)19(17-12-6-2-7-13-17)18-14-8-3-9-15-18;1-3-12(2)13-8-10-14(11-9-13)22-17(18)15-6-4-5-7-16(15)23(19,20)21;1-3-14(2)16-9-11-17(12-10-16)18-13-15-7-5-4-6-8-15;1-3-8(2)9-4-6-10(11)7-5-9/h5-8,15-18,21H,4,9-14H2,1-3H3;1-15H;4-12H,3H2,1-2H3,(H,19,20,21);4-12,14H,3,13H2,1-2H3;4-8,11H,3H2,1-2H3/q;+1;;;/p-1. The number of esters is 1. The molecule has 0 heterocycles. The van der Waals surface area contributed by atoms with Gasteiger partial charge in [-0.25, -0.2) is 13.2 Å². The lowest BCUT2D eigenvalue weighted by atomic mass is 9.49. The number of aromatic hydroxyl groups is 1. The van der Waals surface area contributed by atoms with E-state index in [4.69, 9.17) is 24.1 Å². The SMILES string of the molecule is CCC(C)c1ccc(O)cc1.CCC(C)c1ccc(OC(=O)c2ccccc2S(=O)(=O)[O-])cc1.CCC(C)c1ccc(OC(OC)C23CC4CC(CC(C4)C2)C3)cc1.CCC(C)c1ccc(OCc2ccccc2)cc1.c1ccc([S+](c2ccccc2)c2ccccc2)cc1. The van der Waals surface area contributed by atoms with Gasteiger partial charge in [-0.05, 0) is 231 Å². The van der Waals surface area contributed by atoms with Crippen LogP contribution in [0.5, 0.6) is 23.0 Å². The molecule has 0 aromatic heterocycles. The van der Waals surface area contributed by atoms with Crippen molar-refractivity contribution in [1.29, 1.82) is 0 Å². The molecule has 95 heavy (non-hydrogen) atoms. The molecular weight excluding hydrogens is 1220 g/mol. The zero-order valence-corrected chi connectivity index (χ0v) is 58.7. The van der Waals surface area contributed by atoms with Crippen molar-refractivity contribution in [2.75, 3.05) is 7.11 Å². The number of rotatable bonds is 21. The predicted molar refractivity (Wildman–Crippen MR) is 386 cm³/mol. The van der Waals surface area contributed by atoms with Gasteiger partial charge in [0, 0.05) is 12.5 Å². The highest BCUT2D eigenvalue weighted by Gasteiger charge is 2.55. The van der Waals surface area contributed by atoms with Crippen LogP contribution < -0.4 is 14.2 Å². The van der Waals surface area contributed by atoms with Crippen LogP contribution in [0.3, 0.4) is 0 Å². The van der Waals surface area contributed by atoms with E-state index in [0.717, 1.165) is 53.7 Å². The van der Waals surface area contributed by atoms with Gasteiger partial charge in [0.1, 0.15) is 39.7 Å². The lowest BCUT2D eigenvalue weighted by Crippen LogP contribution is -2.53. The molecule has 0 amide bonds. The van der Waals surface area contributed by atoms with Crippen LogP contribution in [0.25, 0.3) is 0 Å². The molecular formula is C84H98O9S2. The fourth-order valence-electron chi connectivity index (χ4n) is 13.2. The third-order valence-corrected chi connectivity index (χ3v) is 22.2. The van der Waals surface area contributed by atoms with Crippen molar-refractivity contribution in [2.45, 2.75) is 176 Å². The van der Waals surface area contributed by atoms with E-state index in [9.17, 15) is 17.8 Å². The molecule has 4 aliphatic carbocycles. The fourth-order valence-corrected chi connectivity index (χ4v) is 16.0. The number of phenolic OH excluding ortho intramolecular Hbond substituents is 1. The summed E-state index contributed by atoms with van der Waals surface area (Å²) in [5.41, 5.74) is 6.38. The normalized spacial score (nSPS) is 18.2. The van der Waals surface area contributed by atoms with E-state index in [1.54, 1.807) is 24.3 Å². The summed E-state index contributed by atoms with van der Waals surface area (Å²) in [5.74, 6) is 6.64. The molecule has 5 unspecified atom stereocenters. The highest BCUT2D eigenvalue weighted by Crippen LogP contribution is 2.62. The van der Waals surface area contributed by atoms with Gasteiger partial charge in [0.2, 0.25) is 6.29 Å². The first-order valence-electron chi connectivity index (χ1n) is 34.0. The summed E-state index contributed by atoms with van der Waals surface area (Å²) in [5, 5.41) is 9.01. The van der Waals surface area contributed by atoms with E-state index in [-0.39, 0.29) is 28.2 Å². The minimum Gasteiger partial charge on any atom is -0.744 e. The average Bonchev–Trinajstić information content (AvgIpc) is 0.741. The van der Waals surface area contributed by atoms with Crippen molar-refractivity contribution < 1.29 is 41.8 Å². The van der Waals surface area contributed by atoms with Crippen LogP contribution >= 0.6 is 0 Å². The average molecular weight is 1320 g/mol. The molecule has 13 rings (SSSR count). The second-order valence-electron chi connectivity index (χ2n) is 25.9. The van der Waals surface area contributed by atoms with Gasteiger partial charge >= 0.3 is 5.97 Å². The molecule has 0 saturated heterocycles. The minimum atomic E-state index is -4.74. The Balaban J connectivity index is 0.000000155. The number of carbonyl (C=O) groups is 1. The van der Waals surface area contributed by atoms with Gasteiger partial charge in [-0.3, -0.25) is 0 Å². The number of hydrogen-bond acceptors (Lipinski definition) is 9. The van der Waals surface area contributed by atoms with Gasteiger partial charge in [0.25, 0.3) is 0 Å². The first-order chi connectivity index (χ1) is 45.9. The Morgan fingerprint density at radius 1 is 0.484 bits per heavy atom. The first kappa shape index (κ1) is 72.9. The third kappa shape index (κ3) is 21.3. The summed E-state index contributed by atoms with van der Waals surface area (Å²) in [6.07, 6.45) is 12.7. The zero-order chi connectivity index (χ0) is 67.7. The van der Waals surface area contributed by atoms with Gasteiger partial charge in [-0.15, -0.1) is 0 Å². The Bertz CT molecular complexity index is 3660. The highest BCUT2D eigenvalue weighted by atomic mass is 32.2. The topological polar surface area (TPSA) is 131 Å². The first-order valence-corrected chi connectivity index (χ1v) is 36.7. The molecule has 5 atom stereocenters. The molecule has 9 aromatic carbocycles. The van der Waals surface area contributed by atoms with Crippen LogP contribution in [-0.4, -0.2) is 37.4 Å². The Morgan fingerprint density at radius 2 is 0.832 bits per heavy atom. The van der Waals surface area contributed by atoms with Crippen LogP contribution in [-0.2, 0) is 32.4 Å². The number of hydrogen-bond donors (Lipinski definition) is 1. The lowest BCUT2D eigenvalue weighted by Gasteiger charge is -2.58. The van der Waals surface area contributed by atoms with Crippen molar-refractivity contribution in [3.63, 3.8) is 0 Å². The smallest absolute Gasteiger partial charge is 0.344 e. The maximum absolute atomic E-state index is 12.1. The molecule has 4 bridgehead atoms. The van der Waals surface area contributed by atoms with E-state index in [0.29, 0.717) is 41.8 Å². The van der Waals surface area contributed by atoms with Crippen molar-refractivity contribution >= 4 is 27.0 Å². The van der Waals surface area contributed by atoms with E-state index < -0.39 is 21.0 Å². The molecule has 4 saturated carbocycles. The summed E-state index contributed by atoms with van der Waals surface area (Å²) in [7, 11) is -2.93. The molecule has 0 radical (unpaired) electrons. The highest BCUT2D eigenvalue weighted by molar-refractivity contribution is 7.97. The van der Waals surface area contributed by atoms with E-state index in [1.165, 1.54) is 107 Å². The van der Waals surface area contributed by atoms with E-state index >= 15 is 0 Å². The van der Waals surface area contributed by atoms with Gasteiger partial charge in [-0.1, -0.05) is 201 Å². The summed E-state index contributed by atoms with van der Waals surface area (Å²) >= 11 is 0. The molecule has 4 aliphatic rings. The molecule has 0 aliphatic heterocycles. The molecule has 1 N–H and O–H groups in total. The van der Waals surface area contributed by atoms with Gasteiger partial charge in [-0.2, -0.15) is 0 Å². The monoisotopic (exact) mass is 1310 g/mol. The number of carbonyl (C=O) groups excluding carboxylic acids is 1. The Labute approximate surface area is 570 Å². The van der Waals surface area contributed by atoms with Crippen LogP contribution in [0.2, 0.25) is 0 Å². The maximum atomic E-state index is 12.1. The summed E-state index contributed by atoms with van der Waals surface area (Å²) in [6, 6.07) is 79.1. The van der Waals surface area contributed by atoms with E-state index in [2.05, 4.69) is 207 Å². The second kappa shape index (κ2) is 36.3. The maximum Gasteiger partial charge on any atom is 0.344 e. The molecule has 500 valence electrons.